The number of nitrogens with two attached hydrogens (primary N) is 1. The van der Waals surface area contributed by atoms with Crippen molar-refractivity contribution in [2.24, 2.45) is 5.73 Å². The molecule has 3 nitrogen and oxygen atoms in total. The van der Waals surface area contributed by atoms with Gasteiger partial charge in [-0.2, -0.15) is 0 Å². The van der Waals surface area contributed by atoms with Crippen LogP contribution >= 0.6 is 0 Å². The Balaban J connectivity index is 1.92. The zero-order chi connectivity index (χ0) is 14.2. The molecule has 20 heavy (non-hydrogen) atoms. The lowest BCUT2D eigenvalue weighted by Crippen LogP contribution is -2.03. The summed E-state index contributed by atoms with van der Waals surface area (Å²) >= 11 is 0. The molecule has 0 bridgehead atoms. The van der Waals surface area contributed by atoms with E-state index in [1.807, 2.05) is 31.2 Å². The van der Waals surface area contributed by atoms with E-state index in [0.29, 0.717) is 19.8 Å². The second kappa shape index (κ2) is 7.56. The van der Waals surface area contributed by atoms with Gasteiger partial charge in [0, 0.05) is 6.07 Å². The van der Waals surface area contributed by atoms with Gasteiger partial charge in [0.05, 0.1) is 6.61 Å². The maximum atomic E-state index is 5.77. The summed E-state index contributed by atoms with van der Waals surface area (Å²) in [7, 11) is 0. The fourth-order valence-electron chi connectivity index (χ4n) is 1.96. The van der Waals surface area contributed by atoms with Gasteiger partial charge in [0.25, 0.3) is 0 Å². The molecule has 0 spiro atoms. The van der Waals surface area contributed by atoms with Crippen LogP contribution in [-0.2, 0) is 13.0 Å². The standard InChI is InChI=1S/C17H21NO2/c1-2-19-16-4-3-5-17(12-16)20-13-15-8-6-14(7-9-15)10-11-18/h3-9,12H,2,10-11,13,18H2,1H3. The Morgan fingerprint density at radius 3 is 2.20 bits per heavy atom. The molecule has 0 amide bonds. The first kappa shape index (κ1) is 14.4. The second-order valence-corrected chi connectivity index (χ2v) is 4.55. The molecule has 106 valence electrons. The van der Waals surface area contributed by atoms with Gasteiger partial charge >= 0.3 is 0 Å². The molecule has 0 saturated carbocycles. The topological polar surface area (TPSA) is 44.5 Å². The van der Waals surface area contributed by atoms with E-state index < -0.39 is 0 Å². The minimum Gasteiger partial charge on any atom is -0.494 e. The van der Waals surface area contributed by atoms with E-state index in [0.717, 1.165) is 23.5 Å². The Kier molecular flexibility index (Phi) is 5.44. The van der Waals surface area contributed by atoms with Crippen LogP contribution in [0.3, 0.4) is 0 Å². The van der Waals surface area contributed by atoms with Gasteiger partial charge in [-0.25, -0.2) is 0 Å². The van der Waals surface area contributed by atoms with Crippen LogP contribution in [0.25, 0.3) is 0 Å². The minimum atomic E-state index is 0.554. The average Bonchev–Trinajstić information content (AvgIpc) is 2.48. The third-order valence-corrected chi connectivity index (χ3v) is 2.98. The van der Waals surface area contributed by atoms with Gasteiger partial charge in [0.1, 0.15) is 18.1 Å². The summed E-state index contributed by atoms with van der Waals surface area (Å²) in [4.78, 5) is 0. The molecule has 0 aliphatic rings. The van der Waals surface area contributed by atoms with Gasteiger partial charge in [0.15, 0.2) is 0 Å². The highest BCUT2D eigenvalue weighted by atomic mass is 16.5. The third kappa shape index (κ3) is 4.28. The van der Waals surface area contributed by atoms with Gasteiger partial charge in [-0.05, 0) is 43.1 Å². The van der Waals surface area contributed by atoms with Crippen LogP contribution in [-0.4, -0.2) is 13.2 Å². The molecule has 0 heterocycles. The molecule has 0 fully saturated rings. The maximum Gasteiger partial charge on any atom is 0.123 e. The fraction of sp³-hybridized carbons (Fsp3) is 0.294. The Hall–Kier alpha value is -2.00. The van der Waals surface area contributed by atoms with Crippen LogP contribution in [0.5, 0.6) is 11.5 Å². The molecule has 0 aliphatic heterocycles. The first-order chi connectivity index (χ1) is 9.81. The number of rotatable bonds is 7. The Bertz CT molecular complexity index is 523. The van der Waals surface area contributed by atoms with E-state index in [9.17, 15) is 0 Å². The van der Waals surface area contributed by atoms with Crippen molar-refractivity contribution in [1.29, 1.82) is 0 Å². The largest absolute Gasteiger partial charge is 0.494 e. The van der Waals surface area contributed by atoms with Crippen LogP contribution < -0.4 is 15.2 Å². The normalized spacial score (nSPS) is 10.3. The first-order valence-electron chi connectivity index (χ1n) is 6.95. The fourth-order valence-corrected chi connectivity index (χ4v) is 1.96. The van der Waals surface area contributed by atoms with Crippen LogP contribution in [0.4, 0.5) is 0 Å². The molecular weight excluding hydrogens is 250 g/mol. The van der Waals surface area contributed by atoms with Crippen molar-refractivity contribution in [3.8, 4) is 11.5 Å². The van der Waals surface area contributed by atoms with E-state index in [2.05, 4.69) is 24.3 Å². The van der Waals surface area contributed by atoms with Gasteiger partial charge in [-0.1, -0.05) is 30.3 Å². The molecule has 0 saturated heterocycles. The van der Waals surface area contributed by atoms with E-state index in [1.165, 1.54) is 5.56 Å². The van der Waals surface area contributed by atoms with Crippen molar-refractivity contribution in [3.05, 3.63) is 59.7 Å². The molecule has 2 aromatic rings. The predicted molar refractivity (Wildman–Crippen MR) is 81.1 cm³/mol. The van der Waals surface area contributed by atoms with Crippen LogP contribution in [0.15, 0.2) is 48.5 Å². The lowest BCUT2D eigenvalue weighted by atomic mass is 10.1. The summed E-state index contributed by atoms with van der Waals surface area (Å²) in [6.07, 6.45) is 0.914. The Labute approximate surface area is 120 Å². The van der Waals surface area contributed by atoms with Crippen molar-refractivity contribution in [3.63, 3.8) is 0 Å². The SMILES string of the molecule is CCOc1cccc(OCc2ccc(CCN)cc2)c1. The number of ether oxygens (including phenoxy) is 2. The highest BCUT2D eigenvalue weighted by Gasteiger charge is 1.99. The lowest BCUT2D eigenvalue weighted by Gasteiger charge is -2.09. The summed E-state index contributed by atoms with van der Waals surface area (Å²) in [5.74, 6) is 1.66. The third-order valence-electron chi connectivity index (χ3n) is 2.98. The average molecular weight is 271 g/mol. The summed E-state index contributed by atoms with van der Waals surface area (Å²) in [5, 5.41) is 0. The molecule has 2 rings (SSSR count). The molecule has 0 radical (unpaired) electrons. The Morgan fingerprint density at radius 1 is 0.900 bits per heavy atom. The molecule has 0 unspecified atom stereocenters. The predicted octanol–water partition coefficient (Wildman–Crippen LogP) is 3.17. The van der Waals surface area contributed by atoms with E-state index in [-0.39, 0.29) is 0 Å². The zero-order valence-electron chi connectivity index (χ0n) is 11.8. The molecule has 2 aromatic carbocycles. The van der Waals surface area contributed by atoms with Crippen molar-refractivity contribution in [2.45, 2.75) is 20.0 Å². The van der Waals surface area contributed by atoms with Gasteiger partial charge < -0.3 is 15.2 Å². The molecule has 0 aromatic heterocycles. The summed E-state index contributed by atoms with van der Waals surface area (Å²) < 4.78 is 11.2. The maximum absolute atomic E-state index is 5.77. The quantitative estimate of drug-likeness (QED) is 0.841. The highest BCUT2D eigenvalue weighted by molar-refractivity contribution is 5.33. The molecule has 3 heteroatoms. The van der Waals surface area contributed by atoms with E-state index in [4.69, 9.17) is 15.2 Å². The smallest absolute Gasteiger partial charge is 0.123 e. The number of benzene rings is 2. The zero-order valence-corrected chi connectivity index (χ0v) is 11.8. The molecule has 2 N–H and O–H groups in total. The van der Waals surface area contributed by atoms with Crippen molar-refractivity contribution < 1.29 is 9.47 Å². The van der Waals surface area contributed by atoms with Crippen LogP contribution in [0.1, 0.15) is 18.1 Å². The molecular formula is C17H21NO2. The Morgan fingerprint density at radius 2 is 1.55 bits per heavy atom. The lowest BCUT2D eigenvalue weighted by molar-refractivity contribution is 0.299. The summed E-state index contributed by atoms with van der Waals surface area (Å²) in [6.45, 7) is 3.86. The van der Waals surface area contributed by atoms with Crippen molar-refractivity contribution in [2.75, 3.05) is 13.2 Å². The van der Waals surface area contributed by atoms with E-state index in [1.54, 1.807) is 0 Å². The first-order valence-corrected chi connectivity index (χ1v) is 6.95. The van der Waals surface area contributed by atoms with Gasteiger partial charge in [-0.15, -0.1) is 0 Å². The molecule has 0 atom stereocenters. The van der Waals surface area contributed by atoms with E-state index >= 15 is 0 Å². The van der Waals surface area contributed by atoms with Crippen molar-refractivity contribution in [1.82, 2.24) is 0 Å². The van der Waals surface area contributed by atoms with Crippen LogP contribution in [0, 0.1) is 0 Å². The van der Waals surface area contributed by atoms with Crippen molar-refractivity contribution >= 4 is 0 Å². The van der Waals surface area contributed by atoms with Gasteiger partial charge in [0.2, 0.25) is 0 Å². The monoisotopic (exact) mass is 271 g/mol. The van der Waals surface area contributed by atoms with Gasteiger partial charge in [-0.3, -0.25) is 0 Å². The van der Waals surface area contributed by atoms with Crippen LogP contribution in [0.2, 0.25) is 0 Å². The summed E-state index contributed by atoms with van der Waals surface area (Å²) in [6, 6.07) is 16.1. The highest BCUT2D eigenvalue weighted by Crippen LogP contribution is 2.20. The number of hydrogen-bond donors (Lipinski definition) is 1. The minimum absolute atomic E-state index is 0.554. The summed E-state index contributed by atoms with van der Waals surface area (Å²) in [5.41, 5.74) is 7.94. The number of hydrogen-bond acceptors (Lipinski definition) is 3. The molecule has 0 aliphatic carbocycles. The second-order valence-electron chi connectivity index (χ2n) is 4.55.